The number of amides is 2. The molecule has 11 heavy (non-hydrogen) atoms. The van der Waals surface area contributed by atoms with Gasteiger partial charge in [0.1, 0.15) is 0 Å². The SMILES string of the molecule is C=CN(C(=O)N1CC1)C(C)N. The molecule has 1 aliphatic heterocycles. The first kappa shape index (κ1) is 8.07. The number of urea groups is 1. The standard InChI is InChI=1S/C7H13N3O/c1-3-10(6(2)8)7(11)9-4-5-9/h3,6H,1,4-5,8H2,2H3. The van der Waals surface area contributed by atoms with Crippen molar-refractivity contribution in [1.29, 1.82) is 0 Å². The fourth-order valence-electron chi connectivity index (χ4n) is 0.823. The highest BCUT2D eigenvalue weighted by Gasteiger charge is 2.28. The summed E-state index contributed by atoms with van der Waals surface area (Å²) >= 11 is 0. The molecule has 1 fully saturated rings. The minimum Gasteiger partial charge on any atom is -0.321 e. The molecule has 0 aromatic heterocycles. The molecule has 62 valence electrons. The van der Waals surface area contributed by atoms with E-state index in [1.807, 2.05) is 0 Å². The van der Waals surface area contributed by atoms with Crippen LogP contribution >= 0.6 is 0 Å². The van der Waals surface area contributed by atoms with Crippen LogP contribution in [0.1, 0.15) is 6.92 Å². The normalized spacial score (nSPS) is 17.5. The molecule has 0 radical (unpaired) electrons. The summed E-state index contributed by atoms with van der Waals surface area (Å²) in [6.07, 6.45) is 1.17. The maximum absolute atomic E-state index is 11.3. The van der Waals surface area contributed by atoms with Crippen molar-refractivity contribution < 1.29 is 4.79 Å². The van der Waals surface area contributed by atoms with Gasteiger partial charge in [-0.1, -0.05) is 6.58 Å². The zero-order valence-corrected chi connectivity index (χ0v) is 6.66. The first-order chi connectivity index (χ1) is 5.16. The van der Waals surface area contributed by atoms with Crippen LogP contribution in [0, 0.1) is 0 Å². The van der Waals surface area contributed by atoms with E-state index in [1.54, 1.807) is 11.8 Å². The predicted molar refractivity (Wildman–Crippen MR) is 42.7 cm³/mol. The number of carbonyl (C=O) groups excluding carboxylic acids is 1. The molecule has 1 unspecified atom stereocenters. The van der Waals surface area contributed by atoms with Crippen molar-refractivity contribution >= 4 is 6.03 Å². The van der Waals surface area contributed by atoms with E-state index in [1.165, 1.54) is 11.1 Å². The van der Waals surface area contributed by atoms with Gasteiger partial charge in [-0.05, 0) is 6.92 Å². The van der Waals surface area contributed by atoms with Gasteiger partial charge in [-0.3, -0.25) is 4.90 Å². The number of hydrogen-bond donors (Lipinski definition) is 1. The molecule has 1 atom stereocenters. The van der Waals surface area contributed by atoms with Crippen LogP contribution in [-0.4, -0.2) is 35.1 Å². The van der Waals surface area contributed by atoms with Gasteiger partial charge >= 0.3 is 6.03 Å². The Morgan fingerprint density at radius 3 is 2.64 bits per heavy atom. The number of hydrogen-bond acceptors (Lipinski definition) is 2. The van der Waals surface area contributed by atoms with E-state index >= 15 is 0 Å². The third kappa shape index (κ3) is 1.71. The summed E-state index contributed by atoms with van der Waals surface area (Å²) in [7, 11) is 0. The van der Waals surface area contributed by atoms with Crippen molar-refractivity contribution in [3.05, 3.63) is 12.8 Å². The lowest BCUT2D eigenvalue weighted by molar-refractivity contribution is 0.191. The third-order valence-corrected chi connectivity index (χ3v) is 1.57. The summed E-state index contributed by atoms with van der Waals surface area (Å²) in [5.41, 5.74) is 5.52. The van der Waals surface area contributed by atoms with Crippen LogP contribution in [0.5, 0.6) is 0 Å². The second-order valence-corrected chi connectivity index (χ2v) is 2.60. The number of rotatable bonds is 2. The second-order valence-electron chi connectivity index (χ2n) is 2.60. The largest absolute Gasteiger partial charge is 0.325 e. The van der Waals surface area contributed by atoms with Crippen LogP contribution in [0.3, 0.4) is 0 Å². The van der Waals surface area contributed by atoms with Gasteiger partial charge in [0.25, 0.3) is 0 Å². The fraction of sp³-hybridized carbons (Fsp3) is 0.571. The van der Waals surface area contributed by atoms with Crippen molar-refractivity contribution in [3.63, 3.8) is 0 Å². The third-order valence-electron chi connectivity index (χ3n) is 1.57. The van der Waals surface area contributed by atoms with Gasteiger partial charge < -0.3 is 10.6 Å². The summed E-state index contributed by atoms with van der Waals surface area (Å²) in [6.45, 7) is 6.95. The molecule has 0 aromatic carbocycles. The van der Waals surface area contributed by atoms with Gasteiger partial charge in [-0.25, -0.2) is 4.79 Å². The molecule has 0 bridgehead atoms. The van der Waals surface area contributed by atoms with Crippen molar-refractivity contribution in [2.45, 2.75) is 13.1 Å². The molecule has 2 amide bonds. The van der Waals surface area contributed by atoms with Crippen LogP contribution in [0.2, 0.25) is 0 Å². The smallest absolute Gasteiger partial charge is 0.321 e. The Balaban J connectivity index is 2.52. The monoisotopic (exact) mass is 155 g/mol. The summed E-state index contributed by atoms with van der Waals surface area (Å²) in [6, 6.07) is -0.0463. The Hall–Kier alpha value is -1.03. The van der Waals surface area contributed by atoms with Gasteiger partial charge in [-0.15, -0.1) is 0 Å². The van der Waals surface area contributed by atoms with Gasteiger partial charge in [0.2, 0.25) is 0 Å². The Morgan fingerprint density at radius 1 is 1.82 bits per heavy atom. The van der Waals surface area contributed by atoms with Crippen molar-refractivity contribution in [2.24, 2.45) is 5.73 Å². The second kappa shape index (κ2) is 2.92. The van der Waals surface area contributed by atoms with Crippen LogP contribution in [0.4, 0.5) is 4.79 Å². The van der Waals surface area contributed by atoms with E-state index in [-0.39, 0.29) is 12.2 Å². The van der Waals surface area contributed by atoms with Gasteiger partial charge in [-0.2, -0.15) is 0 Å². The van der Waals surface area contributed by atoms with Crippen LogP contribution in [0.15, 0.2) is 12.8 Å². The molecular weight excluding hydrogens is 142 g/mol. The zero-order valence-electron chi connectivity index (χ0n) is 6.66. The van der Waals surface area contributed by atoms with E-state index < -0.39 is 0 Å². The van der Waals surface area contributed by atoms with Crippen LogP contribution < -0.4 is 5.73 Å². The van der Waals surface area contributed by atoms with E-state index in [0.29, 0.717) is 0 Å². The van der Waals surface area contributed by atoms with E-state index in [0.717, 1.165) is 13.1 Å². The average molecular weight is 155 g/mol. The Bertz CT molecular complexity index is 175. The fourth-order valence-corrected chi connectivity index (χ4v) is 0.823. The summed E-state index contributed by atoms with van der Waals surface area (Å²) in [5, 5.41) is 0. The van der Waals surface area contributed by atoms with E-state index in [9.17, 15) is 4.79 Å². The number of nitrogens with zero attached hydrogens (tertiary/aromatic N) is 2. The van der Waals surface area contributed by atoms with Crippen molar-refractivity contribution in [2.75, 3.05) is 13.1 Å². The predicted octanol–water partition coefficient (Wildman–Crippen LogP) is 0.172. The highest BCUT2D eigenvalue weighted by Crippen LogP contribution is 2.09. The van der Waals surface area contributed by atoms with Gasteiger partial charge in [0.15, 0.2) is 0 Å². The van der Waals surface area contributed by atoms with Gasteiger partial charge in [0, 0.05) is 19.3 Å². The Morgan fingerprint density at radius 2 is 2.36 bits per heavy atom. The zero-order chi connectivity index (χ0) is 8.43. The molecule has 0 spiro atoms. The molecule has 1 rings (SSSR count). The van der Waals surface area contributed by atoms with Crippen molar-refractivity contribution in [1.82, 2.24) is 9.80 Å². The van der Waals surface area contributed by atoms with E-state index in [2.05, 4.69) is 6.58 Å². The van der Waals surface area contributed by atoms with Crippen LogP contribution in [0.25, 0.3) is 0 Å². The molecule has 0 aromatic rings. The Labute approximate surface area is 66.3 Å². The highest BCUT2D eigenvalue weighted by molar-refractivity contribution is 5.77. The minimum atomic E-state index is -0.291. The maximum atomic E-state index is 11.3. The maximum Gasteiger partial charge on any atom is 0.325 e. The molecule has 1 heterocycles. The lowest BCUT2D eigenvalue weighted by atomic mass is 10.5. The quantitative estimate of drug-likeness (QED) is 0.456. The minimum absolute atomic E-state index is 0.0463. The van der Waals surface area contributed by atoms with Gasteiger partial charge in [0.05, 0.1) is 6.17 Å². The number of carbonyl (C=O) groups is 1. The van der Waals surface area contributed by atoms with Crippen molar-refractivity contribution in [3.8, 4) is 0 Å². The van der Waals surface area contributed by atoms with E-state index in [4.69, 9.17) is 5.73 Å². The molecule has 0 saturated carbocycles. The summed E-state index contributed by atoms with van der Waals surface area (Å²) in [5.74, 6) is 0. The molecular formula is C7H13N3O. The lowest BCUT2D eigenvalue weighted by Crippen LogP contribution is -2.42. The molecule has 0 aliphatic carbocycles. The molecule has 4 nitrogen and oxygen atoms in total. The summed E-state index contributed by atoms with van der Waals surface area (Å²) < 4.78 is 0. The topological polar surface area (TPSA) is 49.3 Å². The number of nitrogens with two attached hydrogens (primary N) is 1. The summed E-state index contributed by atoms with van der Waals surface area (Å²) in [4.78, 5) is 14.4. The first-order valence-electron chi connectivity index (χ1n) is 3.62. The molecule has 1 saturated heterocycles. The molecule has 4 heteroatoms. The lowest BCUT2D eigenvalue weighted by Gasteiger charge is -2.21. The highest BCUT2D eigenvalue weighted by atomic mass is 16.2. The Kier molecular flexibility index (Phi) is 2.14. The molecule has 1 aliphatic rings. The first-order valence-corrected chi connectivity index (χ1v) is 3.62. The van der Waals surface area contributed by atoms with Crippen LogP contribution in [-0.2, 0) is 0 Å². The molecule has 2 N–H and O–H groups in total. The average Bonchev–Trinajstić information content (AvgIpc) is 2.68.